The summed E-state index contributed by atoms with van der Waals surface area (Å²) < 4.78 is 0. The number of carbonyl (C=O) groups is 1. The first-order chi connectivity index (χ1) is 11.5. The van der Waals surface area contributed by atoms with Crippen molar-refractivity contribution in [2.24, 2.45) is 0 Å². The van der Waals surface area contributed by atoms with Crippen molar-refractivity contribution >= 4 is 39.8 Å². The van der Waals surface area contributed by atoms with Gasteiger partial charge in [-0.05, 0) is 42.1 Å². The number of aromatic nitrogens is 1. The largest absolute Gasteiger partial charge is 0.480 e. The molecule has 5 nitrogen and oxygen atoms in total. The highest BCUT2D eigenvalue weighted by atomic mass is 35.5. The van der Waals surface area contributed by atoms with Gasteiger partial charge in [0.05, 0.1) is 0 Å². The Bertz CT molecular complexity index is 910. The number of hydrogen-bond acceptors (Lipinski definition) is 4. The zero-order valence-corrected chi connectivity index (χ0v) is 13.7. The molecule has 3 aromatic rings. The number of hydrogen-bond donors (Lipinski definition) is 3. The zero-order chi connectivity index (χ0) is 17.3. The molecule has 6 heteroatoms. The first-order valence-electron chi connectivity index (χ1n) is 7.39. The molecular weight excluding hydrogens is 326 g/mol. The van der Waals surface area contributed by atoms with E-state index >= 15 is 0 Å². The Morgan fingerprint density at radius 2 is 1.92 bits per heavy atom. The van der Waals surface area contributed by atoms with E-state index in [0.29, 0.717) is 16.5 Å². The lowest BCUT2D eigenvalue weighted by atomic mass is 10.00. The summed E-state index contributed by atoms with van der Waals surface area (Å²) in [5.41, 5.74) is 8.33. The molecule has 1 unspecified atom stereocenters. The summed E-state index contributed by atoms with van der Waals surface area (Å²) in [4.78, 5) is 15.5. The average molecular weight is 342 g/mol. The molecule has 0 saturated heterocycles. The molecule has 1 aromatic heterocycles. The van der Waals surface area contributed by atoms with Crippen LogP contribution in [0.5, 0.6) is 0 Å². The second-order valence-electron chi connectivity index (χ2n) is 5.54. The van der Waals surface area contributed by atoms with Crippen LogP contribution in [0.4, 0.5) is 11.5 Å². The molecular formula is C18H16ClN3O2. The van der Waals surface area contributed by atoms with Crippen molar-refractivity contribution in [2.45, 2.75) is 13.0 Å². The molecule has 0 saturated carbocycles. The molecule has 122 valence electrons. The van der Waals surface area contributed by atoms with Crippen LogP contribution in [0.15, 0.2) is 48.7 Å². The van der Waals surface area contributed by atoms with Crippen molar-refractivity contribution in [3.05, 3.63) is 53.7 Å². The fourth-order valence-electron chi connectivity index (χ4n) is 2.49. The third-order valence-corrected chi connectivity index (χ3v) is 4.03. The van der Waals surface area contributed by atoms with Crippen molar-refractivity contribution in [1.29, 1.82) is 0 Å². The number of nitrogens with zero attached hydrogens (tertiary/aromatic N) is 1. The minimum Gasteiger partial charge on any atom is -0.480 e. The van der Waals surface area contributed by atoms with Crippen molar-refractivity contribution in [3.63, 3.8) is 0 Å². The molecule has 0 aliphatic carbocycles. The minimum atomic E-state index is -0.949. The number of nitrogens with two attached hydrogens (primary N) is 1. The van der Waals surface area contributed by atoms with E-state index in [1.807, 2.05) is 30.3 Å². The number of pyridine rings is 1. The smallest absolute Gasteiger partial charge is 0.325 e. The Labute approximate surface area is 144 Å². The Hall–Kier alpha value is -2.79. The van der Waals surface area contributed by atoms with Gasteiger partial charge >= 0.3 is 5.97 Å². The quantitative estimate of drug-likeness (QED) is 0.624. The molecule has 0 bridgehead atoms. The Morgan fingerprint density at radius 1 is 1.21 bits per heavy atom. The standard InChI is InChI=1S/C18H16ClN3O2/c1-10(18(23)24)22-17-15-8-12(19)4-7-14(15)16(9-21-17)11-2-5-13(20)6-3-11/h2-10H,20H2,1H3,(H,21,22)(H,23,24). The van der Waals surface area contributed by atoms with Crippen LogP contribution in [-0.4, -0.2) is 22.1 Å². The number of nitrogens with one attached hydrogen (secondary N) is 1. The Balaban J connectivity index is 2.17. The van der Waals surface area contributed by atoms with Crippen LogP contribution in [-0.2, 0) is 4.79 Å². The van der Waals surface area contributed by atoms with Crippen LogP contribution in [0.3, 0.4) is 0 Å². The second kappa shape index (κ2) is 6.37. The predicted octanol–water partition coefficient (Wildman–Crippen LogP) is 4.02. The summed E-state index contributed by atoms with van der Waals surface area (Å²) in [5.74, 6) is -0.462. The van der Waals surface area contributed by atoms with Gasteiger partial charge in [0, 0.05) is 27.9 Å². The topological polar surface area (TPSA) is 88.2 Å². The third kappa shape index (κ3) is 3.12. The van der Waals surface area contributed by atoms with Crippen molar-refractivity contribution in [3.8, 4) is 11.1 Å². The highest BCUT2D eigenvalue weighted by Gasteiger charge is 2.15. The molecule has 4 N–H and O–H groups in total. The van der Waals surface area contributed by atoms with E-state index in [2.05, 4.69) is 10.3 Å². The van der Waals surface area contributed by atoms with E-state index in [0.717, 1.165) is 21.9 Å². The van der Waals surface area contributed by atoms with Gasteiger partial charge in [-0.2, -0.15) is 0 Å². The van der Waals surface area contributed by atoms with Gasteiger partial charge in [0.2, 0.25) is 0 Å². The SMILES string of the molecule is CC(Nc1ncc(-c2ccc(N)cc2)c2ccc(Cl)cc12)C(=O)O. The summed E-state index contributed by atoms with van der Waals surface area (Å²) in [6, 6.07) is 12.2. The van der Waals surface area contributed by atoms with Crippen LogP contribution in [0.25, 0.3) is 21.9 Å². The average Bonchev–Trinajstić information content (AvgIpc) is 2.56. The lowest BCUT2D eigenvalue weighted by Gasteiger charge is -2.15. The molecule has 0 spiro atoms. The van der Waals surface area contributed by atoms with Gasteiger partial charge in [-0.25, -0.2) is 4.98 Å². The summed E-state index contributed by atoms with van der Waals surface area (Å²) in [7, 11) is 0. The van der Waals surface area contributed by atoms with E-state index < -0.39 is 12.0 Å². The van der Waals surface area contributed by atoms with Gasteiger partial charge < -0.3 is 16.2 Å². The van der Waals surface area contributed by atoms with Gasteiger partial charge in [-0.15, -0.1) is 0 Å². The van der Waals surface area contributed by atoms with E-state index in [1.165, 1.54) is 0 Å². The fourth-order valence-corrected chi connectivity index (χ4v) is 2.66. The maximum absolute atomic E-state index is 11.1. The van der Waals surface area contributed by atoms with E-state index in [4.69, 9.17) is 22.4 Å². The third-order valence-electron chi connectivity index (χ3n) is 3.79. The molecule has 0 aliphatic rings. The number of anilines is 2. The van der Waals surface area contributed by atoms with Gasteiger partial charge in [0.15, 0.2) is 0 Å². The molecule has 3 rings (SSSR count). The van der Waals surface area contributed by atoms with Crippen molar-refractivity contribution in [2.75, 3.05) is 11.1 Å². The van der Waals surface area contributed by atoms with Crippen LogP contribution >= 0.6 is 11.6 Å². The predicted molar refractivity (Wildman–Crippen MR) is 97.3 cm³/mol. The molecule has 1 heterocycles. The Kier molecular flexibility index (Phi) is 4.27. The van der Waals surface area contributed by atoms with E-state index in [9.17, 15) is 4.79 Å². The first kappa shape index (κ1) is 16.1. The van der Waals surface area contributed by atoms with Crippen LogP contribution in [0.1, 0.15) is 6.92 Å². The lowest BCUT2D eigenvalue weighted by Crippen LogP contribution is -2.26. The monoisotopic (exact) mass is 341 g/mol. The van der Waals surface area contributed by atoms with E-state index in [-0.39, 0.29) is 0 Å². The number of carboxylic acids is 1. The maximum atomic E-state index is 11.1. The molecule has 0 aliphatic heterocycles. The summed E-state index contributed by atoms with van der Waals surface area (Å²) in [5, 5.41) is 14.3. The van der Waals surface area contributed by atoms with E-state index in [1.54, 1.807) is 25.3 Å². The molecule has 0 radical (unpaired) electrons. The molecule has 0 fully saturated rings. The Morgan fingerprint density at radius 3 is 2.58 bits per heavy atom. The van der Waals surface area contributed by atoms with Crippen LogP contribution < -0.4 is 11.1 Å². The number of halogens is 1. The van der Waals surface area contributed by atoms with Gasteiger partial charge in [0.25, 0.3) is 0 Å². The summed E-state index contributed by atoms with van der Waals surface area (Å²) in [6.07, 6.45) is 1.72. The van der Waals surface area contributed by atoms with Crippen molar-refractivity contribution < 1.29 is 9.90 Å². The number of rotatable bonds is 4. The normalized spacial score (nSPS) is 12.1. The number of carboxylic acid groups (broad SMARTS) is 1. The van der Waals surface area contributed by atoms with Gasteiger partial charge in [0.1, 0.15) is 11.9 Å². The lowest BCUT2D eigenvalue weighted by molar-refractivity contribution is -0.137. The first-order valence-corrected chi connectivity index (χ1v) is 7.77. The molecule has 2 aromatic carbocycles. The van der Waals surface area contributed by atoms with Crippen LogP contribution in [0, 0.1) is 0 Å². The van der Waals surface area contributed by atoms with Gasteiger partial charge in [-0.1, -0.05) is 29.8 Å². The number of benzene rings is 2. The highest BCUT2D eigenvalue weighted by Crippen LogP contribution is 2.33. The summed E-state index contributed by atoms with van der Waals surface area (Å²) in [6.45, 7) is 1.56. The maximum Gasteiger partial charge on any atom is 0.325 e. The molecule has 0 amide bonds. The zero-order valence-electron chi connectivity index (χ0n) is 13.0. The summed E-state index contributed by atoms with van der Waals surface area (Å²) >= 11 is 6.12. The number of fused-ring (bicyclic) bond motifs is 1. The molecule has 24 heavy (non-hydrogen) atoms. The number of aliphatic carboxylic acids is 1. The fraction of sp³-hybridized carbons (Fsp3) is 0.111. The van der Waals surface area contributed by atoms with Gasteiger partial charge in [-0.3, -0.25) is 4.79 Å². The minimum absolute atomic E-state index is 0.488. The molecule has 1 atom stereocenters. The highest BCUT2D eigenvalue weighted by molar-refractivity contribution is 6.31. The number of nitrogen functional groups attached to an aromatic ring is 1. The second-order valence-corrected chi connectivity index (χ2v) is 5.97. The van der Waals surface area contributed by atoms with Crippen molar-refractivity contribution in [1.82, 2.24) is 4.98 Å². The van der Waals surface area contributed by atoms with Crippen LogP contribution in [0.2, 0.25) is 5.02 Å².